The molecule has 0 spiro atoms. The van der Waals surface area contributed by atoms with Crippen LogP contribution < -0.4 is 11.1 Å². The average Bonchev–Trinajstić information content (AvgIpc) is 2.49. The molecule has 0 bridgehead atoms. The molecular formula is C16H19N3O. The molecule has 0 unspecified atom stereocenters. The number of phenolic OH excluding ortho intramolecular Hbond substituents is 1. The van der Waals surface area contributed by atoms with E-state index in [-0.39, 0.29) is 12.3 Å². The molecule has 20 heavy (non-hydrogen) atoms. The summed E-state index contributed by atoms with van der Waals surface area (Å²) in [6.07, 6.45) is 0. The van der Waals surface area contributed by atoms with E-state index in [1.807, 2.05) is 12.1 Å². The van der Waals surface area contributed by atoms with Gasteiger partial charge >= 0.3 is 0 Å². The fraction of sp³-hybridized carbons (Fsp3) is 0.188. The fourth-order valence-electron chi connectivity index (χ4n) is 1.66. The molecule has 0 radical (unpaired) electrons. The van der Waals surface area contributed by atoms with Crippen molar-refractivity contribution in [3.8, 4) is 22.9 Å². The maximum atomic E-state index is 9.56. The minimum absolute atomic E-state index is 0.125. The number of aromatic hydroxyl groups is 1. The zero-order valence-electron chi connectivity index (χ0n) is 11.7. The van der Waals surface area contributed by atoms with Gasteiger partial charge in [-0.2, -0.15) is 5.26 Å². The third kappa shape index (κ3) is 4.30. The van der Waals surface area contributed by atoms with Gasteiger partial charge in [0.2, 0.25) is 0 Å². The average molecular weight is 269 g/mol. The van der Waals surface area contributed by atoms with Crippen LogP contribution in [0, 0.1) is 18.3 Å². The molecule has 4 N–H and O–H groups in total. The third-order valence-electron chi connectivity index (χ3n) is 2.74. The summed E-state index contributed by atoms with van der Waals surface area (Å²) in [4.78, 5) is 0. The van der Waals surface area contributed by atoms with Crippen molar-refractivity contribution in [1.29, 1.82) is 5.26 Å². The van der Waals surface area contributed by atoms with Crippen LogP contribution in [0.2, 0.25) is 0 Å². The summed E-state index contributed by atoms with van der Waals surface area (Å²) in [6, 6.07) is 15.6. The standard InChI is InChI=1S/C14H15NO.C2H4N2/c1-10-3-5-11(6-4-10)12-7-8-14(16)13(9-12)15-2;3-1-2-4/h3-9,15-16H,1-2H3;1,3H2. The largest absolute Gasteiger partial charge is 0.506 e. The molecule has 0 saturated heterocycles. The Kier molecular flexibility index (Phi) is 6.08. The minimum atomic E-state index is 0.125. The number of nitrogens with two attached hydrogens (primary N) is 1. The van der Waals surface area contributed by atoms with Crippen molar-refractivity contribution in [3.05, 3.63) is 48.0 Å². The first-order valence-corrected chi connectivity index (χ1v) is 6.27. The van der Waals surface area contributed by atoms with Crippen LogP contribution in [0.15, 0.2) is 42.5 Å². The molecule has 0 aliphatic carbocycles. The molecule has 4 nitrogen and oxygen atoms in total. The lowest BCUT2D eigenvalue weighted by atomic mass is 10.0. The maximum absolute atomic E-state index is 9.56. The summed E-state index contributed by atoms with van der Waals surface area (Å²) in [5.74, 6) is 0.276. The molecule has 2 aromatic rings. The van der Waals surface area contributed by atoms with Crippen LogP contribution >= 0.6 is 0 Å². The Morgan fingerprint density at radius 1 is 1.15 bits per heavy atom. The second-order valence-corrected chi connectivity index (χ2v) is 4.21. The van der Waals surface area contributed by atoms with Gasteiger partial charge in [0.1, 0.15) is 5.75 Å². The summed E-state index contributed by atoms with van der Waals surface area (Å²) in [5.41, 5.74) is 8.92. The van der Waals surface area contributed by atoms with Crippen LogP contribution in [0.1, 0.15) is 5.56 Å². The number of nitrogens with zero attached hydrogens (tertiary/aromatic N) is 1. The second kappa shape index (κ2) is 7.82. The van der Waals surface area contributed by atoms with Crippen LogP contribution in [0.25, 0.3) is 11.1 Å². The molecule has 0 amide bonds. The molecule has 0 aliphatic heterocycles. The molecule has 0 heterocycles. The lowest BCUT2D eigenvalue weighted by molar-refractivity contribution is 0.477. The first-order valence-electron chi connectivity index (χ1n) is 6.27. The number of benzene rings is 2. The van der Waals surface area contributed by atoms with E-state index in [4.69, 9.17) is 5.26 Å². The molecule has 0 atom stereocenters. The number of rotatable bonds is 2. The number of nitriles is 1. The van der Waals surface area contributed by atoms with Gasteiger partial charge in [-0.05, 0) is 30.2 Å². The van der Waals surface area contributed by atoms with Crippen LogP contribution in [0.4, 0.5) is 5.69 Å². The van der Waals surface area contributed by atoms with E-state index in [0.29, 0.717) is 0 Å². The first kappa shape index (κ1) is 15.5. The zero-order chi connectivity index (χ0) is 15.0. The van der Waals surface area contributed by atoms with E-state index in [9.17, 15) is 5.11 Å². The van der Waals surface area contributed by atoms with Crippen molar-refractivity contribution in [2.24, 2.45) is 5.73 Å². The zero-order valence-corrected chi connectivity index (χ0v) is 11.7. The highest BCUT2D eigenvalue weighted by molar-refractivity contribution is 5.71. The smallest absolute Gasteiger partial charge is 0.138 e. The lowest BCUT2D eigenvalue weighted by Gasteiger charge is -2.07. The number of phenols is 1. The summed E-state index contributed by atoms with van der Waals surface area (Å²) in [7, 11) is 1.80. The molecule has 104 valence electrons. The topological polar surface area (TPSA) is 82.1 Å². The van der Waals surface area contributed by atoms with Crippen LogP contribution in [-0.2, 0) is 0 Å². The summed E-state index contributed by atoms with van der Waals surface area (Å²) >= 11 is 0. The van der Waals surface area contributed by atoms with Crippen LogP contribution in [-0.4, -0.2) is 18.7 Å². The quantitative estimate of drug-likeness (QED) is 0.578. The Balaban J connectivity index is 0.000000444. The van der Waals surface area contributed by atoms with Gasteiger partial charge in [0.25, 0.3) is 0 Å². The van der Waals surface area contributed by atoms with Crippen molar-refractivity contribution in [1.82, 2.24) is 0 Å². The van der Waals surface area contributed by atoms with Gasteiger partial charge < -0.3 is 16.2 Å². The third-order valence-corrected chi connectivity index (χ3v) is 2.74. The van der Waals surface area contributed by atoms with Crippen molar-refractivity contribution in [3.63, 3.8) is 0 Å². The highest BCUT2D eigenvalue weighted by Gasteiger charge is 2.02. The van der Waals surface area contributed by atoms with E-state index in [2.05, 4.69) is 42.2 Å². The molecule has 4 heteroatoms. The SMILES string of the molecule is CNc1cc(-c2ccc(C)cc2)ccc1O.N#CCN. The molecular weight excluding hydrogens is 250 g/mol. The maximum Gasteiger partial charge on any atom is 0.138 e. The van der Waals surface area contributed by atoms with Crippen molar-refractivity contribution in [2.75, 3.05) is 18.9 Å². The number of hydrogen-bond donors (Lipinski definition) is 3. The molecule has 0 fully saturated rings. The second-order valence-electron chi connectivity index (χ2n) is 4.21. The van der Waals surface area contributed by atoms with Gasteiger partial charge in [-0.15, -0.1) is 0 Å². The van der Waals surface area contributed by atoms with Gasteiger partial charge in [0, 0.05) is 7.05 Å². The number of hydrogen-bond acceptors (Lipinski definition) is 4. The Hall–Kier alpha value is -2.51. The van der Waals surface area contributed by atoms with Gasteiger partial charge in [-0.3, -0.25) is 0 Å². The molecule has 0 aliphatic rings. The Morgan fingerprint density at radius 2 is 1.70 bits per heavy atom. The summed E-state index contributed by atoms with van der Waals surface area (Å²) in [5, 5.41) is 20.0. The van der Waals surface area contributed by atoms with Crippen molar-refractivity contribution in [2.45, 2.75) is 6.92 Å². The number of anilines is 1. The van der Waals surface area contributed by atoms with E-state index >= 15 is 0 Å². The van der Waals surface area contributed by atoms with Crippen molar-refractivity contribution < 1.29 is 5.11 Å². The number of aryl methyl sites for hydroxylation is 1. The van der Waals surface area contributed by atoms with E-state index in [0.717, 1.165) is 16.8 Å². The van der Waals surface area contributed by atoms with Gasteiger partial charge in [0.05, 0.1) is 18.3 Å². The lowest BCUT2D eigenvalue weighted by Crippen LogP contribution is -1.91. The molecule has 2 rings (SSSR count). The van der Waals surface area contributed by atoms with Crippen LogP contribution in [0.3, 0.4) is 0 Å². The molecule has 0 aromatic heterocycles. The minimum Gasteiger partial charge on any atom is -0.506 e. The van der Waals surface area contributed by atoms with Crippen LogP contribution in [0.5, 0.6) is 5.75 Å². The fourth-order valence-corrected chi connectivity index (χ4v) is 1.66. The number of nitrogens with one attached hydrogen (secondary N) is 1. The van der Waals surface area contributed by atoms with E-state index in [1.165, 1.54) is 5.56 Å². The highest BCUT2D eigenvalue weighted by Crippen LogP contribution is 2.29. The van der Waals surface area contributed by atoms with Gasteiger partial charge in [-0.1, -0.05) is 35.9 Å². The van der Waals surface area contributed by atoms with Crippen molar-refractivity contribution >= 4 is 5.69 Å². The summed E-state index contributed by atoms with van der Waals surface area (Å²) in [6.45, 7) is 2.19. The predicted octanol–water partition coefficient (Wildman–Crippen LogP) is 2.88. The van der Waals surface area contributed by atoms with Gasteiger partial charge in [-0.25, -0.2) is 0 Å². The molecule has 0 saturated carbocycles. The van der Waals surface area contributed by atoms with E-state index in [1.54, 1.807) is 19.2 Å². The molecule has 2 aromatic carbocycles. The normalized spacial score (nSPS) is 9.10. The first-order chi connectivity index (χ1) is 9.62. The van der Waals surface area contributed by atoms with Gasteiger partial charge in [0.15, 0.2) is 0 Å². The van der Waals surface area contributed by atoms with E-state index < -0.39 is 0 Å². The predicted molar refractivity (Wildman–Crippen MR) is 82.5 cm³/mol. The Labute approximate surface area is 119 Å². The Morgan fingerprint density at radius 3 is 2.20 bits per heavy atom. The highest BCUT2D eigenvalue weighted by atomic mass is 16.3. The Bertz CT molecular complexity index is 586. The summed E-state index contributed by atoms with van der Waals surface area (Å²) < 4.78 is 0. The monoisotopic (exact) mass is 269 g/mol.